The van der Waals surface area contributed by atoms with E-state index in [1.807, 2.05) is 30.3 Å². The number of Topliss-reactive ketones (excluding diaryl/α,β-unsaturated/α-hetero) is 1. The second-order valence-electron chi connectivity index (χ2n) is 9.02. The molecule has 2 atom stereocenters. The largest absolute Gasteiger partial charge is 0.491 e. The Balaban J connectivity index is 1.25. The molecule has 1 aromatic carbocycles. The molecule has 2 N–H and O–H groups in total. The molecule has 0 spiro atoms. The number of rotatable bonds is 15. The van der Waals surface area contributed by atoms with Crippen molar-refractivity contribution in [1.29, 1.82) is 0 Å². The summed E-state index contributed by atoms with van der Waals surface area (Å²) >= 11 is 0. The van der Waals surface area contributed by atoms with E-state index < -0.39 is 6.10 Å². The van der Waals surface area contributed by atoms with Crippen LogP contribution in [0.3, 0.4) is 0 Å². The zero-order valence-electron chi connectivity index (χ0n) is 18.6. The maximum absolute atomic E-state index is 12.3. The topological polar surface area (TPSA) is 75.6 Å². The van der Waals surface area contributed by atoms with E-state index in [1.54, 1.807) is 0 Å². The summed E-state index contributed by atoms with van der Waals surface area (Å²) in [6.45, 7) is 1.12. The third-order valence-corrected chi connectivity index (χ3v) is 6.28. The highest BCUT2D eigenvalue weighted by molar-refractivity contribution is 5.88. The Kier molecular flexibility index (Phi) is 9.60. The zero-order chi connectivity index (χ0) is 21.9. The second kappa shape index (κ2) is 12.7. The van der Waals surface area contributed by atoms with Crippen molar-refractivity contribution in [2.24, 2.45) is 11.8 Å². The standard InChI is InChI=1S/C26H37NO4/c28-22(19-31-23-8-4-3-5-9-23)16-14-21-15-17-25(29)24(21)10-6-1-2-7-11-26(30)27-18-20-12-13-20/h3-5,8-9,15,20,22,24,28H,1-2,6-7,10-14,16-19H2,(H,27,30)/t22-,24-/m1/s1. The summed E-state index contributed by atoms with van der Waals surface area (Å²) in [5.74, 6) is 1.99. The molecule has 170 valence electrons. The number of benzene rings is 1. The van der Waals surface area contributed by atoms with Gasteiger partial charge in [0.2, 0.25) is 5.91 Å². The molecule has 5 nitrogen and oxygen atoms in total. The van der Waals surface area contributed by atoms with E-state index in [4.69, 9.17) is 4.74 Å². The second-order valence-corrected chi connectivity index (χ2v) is 9.02. The Morgan fingerprint density at radius 1 is 1.13 bits per heavy atom. The van der Waals surface area contributed by atoms with Crippen LogP contribution in [0.5, 0.6) is 5.75 Å². The number of unbranched alkanes of at least 4 members (excludes halogenated alkanes) is 3. The van der Waals surface area contributed by atoms with Crippen molar-refractivity contribution < 1.29 is 19.4 Å². The van der Waals surface area contributed by atoms with E-state index in [0.29, 0.717) is 25.0 Å². The number of carbonyl (C=O) groups excluding carboxylic acids is 2. The fraction of sp³-hybridized carbons (Fsp3) is 0.615. The molecule has 1 fully saturated rings. The molecule has 0 bridgehead atoms. The Labute approximate surface area is 186 Å². The van der Waals surface area contributed by atoms with Crippen LogP contribution in [0.4, 0.5) is 0 Å². The summed E-state index contributed by atoms with van der Waals surface area (Å²) in [6.07, 6.45) is 11.4. The summed E-state index contributed by atoms with van der Waals surface area (Å²) in [7, 11) is 0. The minimum atomic E-state index is -0.538. The first-order valence-electron chi connectivity index (χ1n) is 12.0. The summed E-state index contributed by atoms with van der Waals surface area (Å²) in [4.78, 5) is 24.1. The molecule has 31 heavy (non-hydrogen) atoms. The minimum absolute atomic E-state index is 0.0177. The van der Waals surface area contributed by atoms with Crippen molar-refractivity contribution >= 4 is 11.7 Å². The van der Waals surface area contributed by atoms with Gasteiger partial charge in [-0.15, -0.1) is 0 Å². The maximum Gasteiger partial charge on any atom is 0.220 e. The third-order valence-electron chi connectivity index (χ3n) is 6.28. The Morgan fingerprint density at radius 3 is 2.68 bits per heavy atom. The molecule has 0 unspecified atom stereocenters. The SMILES string of the molecule is O=C(CCCCCC[C@H]1C(=O)CC=C1CC[C@@H](O)COc1ccccc1)NCC1CC1. The van der Waals surface area contributed by atoms with Crippen LogP contribution in [0.2, 0.25) is 0 Å². The van der Waals surface area contributed by atoms with E-state index >= 15 is 0 Å². The van der Waals surface area contributed by atoms with Crippen molar-refractivity contribution in [2.45, 2.75) is 76.7 Å². The molecule has 0 aromatic heterocycles. The Bertz CT molecular complexity index is 726. The van der Waals surface area contributed by atoms with Crippen LogP contribution in [0, 0.1) is 11.8 Å². The predicted molar refractivity (Wildman–Crippen MR) is 122 cm³/mol. The zero-order valence-corrected chi connectivity index (χ0v) is 18.6. The molecule has 0 radical (unpaired) electrons. The summed E-state index contributed by atoms with van der Waals surface area (Å²) in [6, 6.07) is 9.50. The number of aliphatic hydroxyl groups is 1. The summed E-state index contributed by atoms with van der Waals surface area (Å²) < 4.78 is 5.62. The molecule has 0 heterocycles. The average Bonchev–Trinajstić information content (AvgIpc) is 3.55. The van der Waals surface area contributed by atoms with Crippen LogP contribution in [0.1, 0.15) is 70.6 Å². The summed E-state index contributed by atoms with van der Waals surface area (Å²) in [5, 5.41) is 13.3. The number of nitrogens with one attached hydrogen (secondary N) is 1. The first-order chi connectivity index (χ1) is 15.1. The maximum atomic E-state index is 12.3. The number of hydrogen-bond donors (Lipinski definition) is 2. The highest BCUT2D eigenvalue weighted by Gasteiger charge is 2.27. The van der Waals surface area contributed by atoms with Gasteiger partial charge in [0.15, 0.2) is 0 Å². The molecular weight excluding hydrogens is 390 g/mol. The van der Waals surface area contributed by atoms with E-state index in [0.717, 1.165) is 56.7 Å². The molecule has 0 aliphatic heterocycles. The number of ether oxygens (including phenoxy) is 1. The number of amides is 1. The Hall–Kier alpha value is -2.14. The van der Waals surface area contributed by atoms with Gasteiger partial charge in [-0.25, -0.2) is 0 Å². The molecule has 1 amide bonds. The van der Waals surface area contributed by atoms with E-state index in [2.05, 4.69) is 11.4 Å². The predicted octanol–water partition coefficient (Wildman–Crippen LogP) is 4.59. The van der Waals surface area contributed by atoms with Crippen molar-refractivity contribution in [3.8, 4) is 5.75 Å². The number of para-hydroxylation sites is 1. The van der Waals surface area contributed by atoms with Crippen LogP contribution in [0.25, 0.3) is 0 Å². The summed E-state index contributed by atoms with van der Waals surface area (Å²) in [5.41, 5.74) is 1.18. The number of aliphatic hydroxyl groups excluding tert-OH is 1. The third kappa shape index (κ3) is 8.86. The number of ketones is 1. The minimum Gasteiger partial charge on any atom is -0.491 e. The lowest BCUT2D eigenvalue weighted by Crippen LogP contribution is -2.25. The van der Waals surface area contributed by atoms with E-state index in [1.165, 1.54) is 18.4 Å². The van der Waals surface area contributed by atoms with Gasteiger partial charge in [-0.1, -0.05) is 49.1 Å². The van der Waals surface area contributed by atoms with Crippen molar-refractivity contribution in [3.05, 3.63) is 42.0 Å². The molecule has 1 saturated carbocycles. The van der Waals surface area contributed by atoms with Gasteiger partial charge in [0.1, 0.15) is 18.1 Å². The smallest absolute Gasteiger partial charge is 0.220 e. The Morgan fingerprint density at radius 2 is 1.90 bits per heavy atom. The van der Waals surface area contributed by atoms with Gasteiger partial charge in [0.25, 0.3) is 0 Å². The van der Waals surface area contributed by atoms with Gasteiger partial charge in [-0.2, -0.15) is 0 Å². The highest BCUT2D eigenvalue weighted by atomic mass is 16.5. The van der Waals surface area contributed by atoms with Crippen LogP contribution < -0.4 is 10.1 Å². The molecule has 0 saturated heterocycles. The van der Waals surface area contributed by atoms with Crippen molar-refractivity contribution in [3.63, 3.8) is 0 Å². The lowest BCUT2D eigenvalue weighted by atomic mass is 9.90. The molecule has 3 rings (SSSR count). The lowest BCUT2D eigenvalue weighted by Gasteiger charge is -2.16. The van der Waals surface area contributed by atoms with Crippen LogP contribution in [-0.2, 0) is 9.59 Å². The number of carbonyl (C=O) groups is 2. The molecule has 5 heteroatoms. The first kappa shape index (κ1) is 23.5. The fourth-order valence-electron chi connectivity index (χ4n) is 4.13. The van der Waals surface area contributed by atoms with Gasteiger partial charge in [-0.3, -0.25) is 9.59 Å². The highest BCUT2D eigenvalue weighted by Crippen LogP contribution is 2.31. The molecule has 2 aliphatic carbocycles. The average molecular weight is 428 g/mol. The van der Waals surface area contributed by atoms with Crippen LogP contribution in [0.15, 0.2) is 42.0 Å². The fourth-order valence-corrected chi connectivity index (χ4v) is 4.13. The van der Waals surface area contributed by atoms with Gasteiger partial charge < -0.3 is 15.2 Å². The normalized spacial score (nSPS) is 19.2. The van der Waals surface area contributed by atoms with Gasteiger partial charge >= 0.3 is 0 Å². The van der Waals surface area contributed by atoms with Crippen LogP contribution in [-0.4, -0.2) is 36.1 Å². The monoisotopic (exact) mass is 427 g/mol. The van der Waals surface area contributed by atoms with E-state index in [-0.39, 0.29) is 18.4 Å². The number of allylic oxidation sites excluding steroid dienone is 2. The number of hydrogen-bond acceptors (Lipinski definition) is 4. The molecule has 1 aromatic rings. The first-order valence-corrected chi connectivity index (χ1v) is 12.0. The van der Waals surface area contributed by atoms with Gasteiger partial charge in [-0.05, 0) is 56.6 Å². The lowest BCUT2D eigenvalue weighted by molar-refractivity contribution is -0.121. The van der Waals surface area contributed by atoms with E-state index in [9.17, 15) is 14.7 Å². The quantitative estimate of drug-likeness (QED) is 0.317. The van der Waals surface area contributed by atoms with Gasteiger partial charge in [0.05, 0.1) is 6.10 Å². The van der Waals surface area contributed by atoms with Crippen LogP contribution >= 0.6 is 0 Å². The van der Waals surface area contributed by atoms with Crippen molar-refractivity contribution in [1.82, 2.24) is 5.32 Å². The van der Waals surface area contributed by atoms with Gasteiger partial charge in [0, 0.05) is 25.3 Å². The molecular formula is C26H37NO4. The molecule has 2 aliphatic rings. The van der Waals surface area contributed by atoms with Crippen molar-refractivity contribution in [2.75, 3.05) is 13.2 Å².